The summed E-state index contributed by atoms with van der Waals surface area (Å²) in [6.07, 6.45) is -1.33. The number of likely N-dealkylation sites (tertiary alicyclic amines) is 1. The maximum atomic E-state index is 12.5. The first-order chi connectivity index (χ1) is 12.0. The lowest BCUT2D eigenvalue weighted by molar-refractivity contribution is -0.0321. The molecule has 130 valence electrons. The zero-order valence-corrected chi connectivity index (χ0v) is 13.5. The first kappa shape index (κ1) is 17.1. The molecule has 1 amide bonds. The van der Waals surface area contributed by atoms with Crippen LogP contribution in [0.3, 0.4) is 0 Å². The fourth-order valence-corrected chi connectivity index (χ4v) is 2.90. The summed E-state index contributed by atoms with van der Waals surface area (Å²) in [5.74, 6) is -1.15. The average Bonchev–Trinajstić information content (AvgIpc) is 2.63. The molecule has 2 unspecified atom stereocenters. The highest BCUT2D eigenvalue weighted by atomic mass is 16.4. The number of aliphatic hydroxyl groups is 2. The molecule has 6 nitrogen and oxygen atoms in total. The maximum absolute atomic E-state index is 12.5. The second-order valence-corrected chi connectivity index (χ2v) is 6.13. The first-order valence-corrected chi connectivity index (χ1v) is 8.05. The Morgan fingerprint density at radius 2 is 1.36 bits per heavy atom. The molecule has 3 N–H and O–H groups in total. The van der Waals surface area contributed by atoms with Gasteiger partial charge in [0, 0.05) is 18.7 Å². The Bertz CT molecular complexity index is 769. The van der Waals surface area contributed by atoms with E-state index in [1.807, 2.05) is 0 Å². The van der Waals surface area contributed by atoms with Crippen molar-refractivity contribution < 1.29 is 24.9 Å². The van der Waals surface area contributed by atoms with Gasteiger partial charge in [-0.3, -0.25) is 4.79 Å². The van der Waals surface area contributed by atoms with Gasteiger partial charge < -0.3 is 20.2 Å². The van der Waals surface area contributed by atoms with E-state index in [1.54, 1.807) is 36.4 Å². The van der Waals surface area contributed by atoms with Crippen molar-refractivity contribution in [2.24, 2.45) is 0 Å². The monoisotopic (exact) mass is 341 g/mol. The third-order valence-corrected chi connectivity index (χ3v) is 4.43. The van der Waals surface area contributed by atoms with Crippen molar-refractivity contribution in [3.63, 3.8) is 0 Å². The fourth-order valence-electron chi connectivity index (χ4n) is 2.90. The van der Waals surface area contributed by atoms with Crippen LogP contribution < -0.4 is 0 Å². The van der Waals surface area contributed by atoms with E-state index < -0.39 is 18.2 Å². The minimum absolute atomic E-state index is 0.123. The number of amides is 1. The Kier molecular flexibility index (Phi) is 4.83. The molecule has 2 aromatic rings. The predicted octanol–water partition coefficient (Wildman–Crippen LogP) is 1.62. The normalized spacial score (nSPS) is 20.3. The van der Waals surface area contributed by atoms with E-state index >= 15 is 0 Å². The molecule has 2 atom stereocenters. The Balaban J connectivity index is 1.73. The van der Waals surface area contributed by atoms with Crippen LogP contribution in [0.2, 0.25) is 0 Å². The van der Waals surface area contributed by atoms with Crippen molar-refractivity contribution in [1.29, 1.82) is 0 Å². The van der Waals surface area contributed by atoms with E-state index in [4.69, 9.17) is 5.11 Å². The molecule has 1 fully saturated rings. The van der Waals surface area contributed by atoms with Gasteiger partial charge in [-0.1, -0.05) is 24.3 Å². The van der Waals surface area contributed by atoms with Crippen LogP contribution in [0.4, 0.5) is 0 Å². The molecular formula is C19H19NO5. The minimum Gasteiger partial charge on any atom is -0.478 e. The number of carbonyl (C=O) groups excluding carboxylic acids is 1. The van der Waals surface area contributed by atoms with Crippen molar-refractivity contribution in [2.45, 2.75) is 18.6 Å². The van der Waals surface area contributed by atoms with E-state index in [1.165, 1.54) is 17.0 Å². The van der Waals surface area contributed by atoms with Gasteiger partial charge in [-0.2, -0.15) is 0 Å². The summed E-state index contributed by atoms with van der Waals surface area (Å²) in [6, 6.07) is 13.6. The molecule has 0 saturated carbocycles. The van der Waals surface area contributed by atoms with Gasteiger partial charge in [0.25, 0.3) is 5.91 Å². The molecule has 1 aliphatic rings. The molecule has 0 radical (unpaired) electrons. The summed E-state index contributed by atoms with van der Waals surface area (Å²) >= 11 is 0. The highest BCUT2D eigenvalue weighted by molar-refractivity contribution is 5.95. The molecule has 25 heavy (non-hydrogen) atoms. The second kappa shape index (κ2) is 7.04. The number of rotatable bonds is 3. The summed E-state index contributed by atoms with van der Waals surface area (Å²) in [5.41, 5.74) is 2.47. The summed E-state index contributed by atoms with van der Waals surface area (Å²) in [5, 5.41) is 28.2. The Labute approximate surface area is 145 Å². The van der Waals surface area contributed by atoms with Gasteiger partial charge in [-0.15, -0.1) is 0 Å². The number of benzene rings is 2. The topological polar surface area (TPSA) is 98.1 Å². The van der Waals surface area contributed by atoms with Crippen LogP contribution in [0.1, 0.15) is 27.1 Å². The van der Waals surface area contributed by atoms with Gasteiger partial charge in [-0.05, 0) is 41.8 Å². The second-order valence-electron chi connectivity index (χ2n) is 6.13. The summed E-state index contributed by atoms with van der Waals surface area (Å²) in [4.78, 5) is 24.9. The number of aromatic carboxylic acids is 1. The fraction of sp³-hybridized carbons (Fsp3) is 0.263. The molecule has 0 bridgehead atoms. The molecule has 1 aliphatic heterocycles. The van der Waals surface area contributed by atoms with Crippen LogP contribution in [-0.4, -0.2) is 57.4 Å². The van der Waals surface area contributed by atoms with Gasteiger partial charge >= 0.3 is 5.97 Å². The Morgan fingerprint density at radius 3 is 1.84 bits per heavy atom. The van der Waals surface area contributed by atoms with Gasteiger partial charge in [0.1, 0.15) is 0 Å². The largest absolute Gasteiger partial charge is 0.478 e. The van der Waals surface area contributed by atoms with Crippen LogP contribution in [-0.2, 0) is 0 Å². The Hall–Kier alpha value is -2.70. The molecule has 0 aromatic heterocycles. The molecule has 2 aromatic carbocycles. The average molecular weight is 341 g/mol. The summed E-state index contributed by atoms with van der Waals surface area (Å²) in [7, 11) is 0. The van der Waals surface area contributed by atoms with Crippen LogP contribution in [0.25, 0.3) is 11.1 Å². The lowest BCUT2D eigenvalue weighted by Crippen LogP contribution is -2.48. The number of hydrogen-bond acceptors (Lipinski definition) is 4. The summed E-state index contributed by atoms with van der Waals surface area (Å²) in [6.45, 7) is 0.536. The van der Waals surface area contributed by atoms with E-state index in [0.717, 1.165) is 11.1 Å². The van der Waals surface area contributed by atoms with Gasteiger partial charge in [-0.25, -0.2) is 4.79 Å². The van der Waals surface area contributed by atoms with Crippen molar-refractivity contribution >= 4 is 11.9 Å². The van der Waals surface area contributed by atoms with Crippen molar-refractivity contribution in [3.05, 3.63) is 59.7 Å². The third kappa shape index (κ3) is 3.70. The Morgan fingerprint density at radius 1 is 0.840 bits per heavy atom. The van der Waals surface area contributed by atoms with Crippen molar-refractivity contribution in [3.8, 4) is 11.1 Å². The molecule has 0 spiro atoms. The number of carboxylic acid groups (broad SMARTS) is 1. The molecule has 0 aliphatic carbocycles. The maximum Gasteiger partial charge on any atom is 0.335 e. The molecule has 6 heteroatoms. The molecule has 3 rings (SSSR count). The lowest BCUT2D eigenvalue weighted by Gasteiger charge is -2.33. The van der Waals surface area contributed by atoms with Gasteiger partial charge in [0.2, 0.25) is 0 Å². The zero-order chi connectivity index (χ0) is 18.0. The molecule has 1 saturated heterocycles. The van der Waals surface area contributed by atoms with Gasteiger partial charge in [0.05, 0.1) is 17.8 Å². The number of aliphatic hydroxyl groups excluding tert-OH is 2. The molecular weight excluding hydrogens is 322 g/mol. The number of carboxylic acids is 1. The SMILES string of the molecule is O=C(O)c1ccc(-c2ccc(C(=O)N3CCC(O)C(O)C3)cc2)cc1. The first-order valence-electron chi connectivity index (χ1n) is 8.05. The standard InChI is InChI=1S/C19H19NO5/c21-16-9-10-20(11-17(16)22)18(23)14-5-1-12(2-6-14)13-3-7-15(8-4-13)19(24)25/h1-8,16-17,21-22H,9-11H2,(H,24,25). The highest BCUT2D eigenvalue weighted by Crippen LogP contribution is 2.22. The van der Waals surface area contributed by atoms with Crippen molar-refractivity contribution in [2.75, 3.05) is 13.1 Å². The number of carbonyl (C=O) groups is 2. The van der Waals surface area contributed by atoms with E-state index in [9.17, 15) is 19.8 Å². The van der Waals surface area contributed by atoms with E-state index in [0.29, 0.717) is 18.5 Å². The third-order valence-electron chi connectivity index (χ3n) is 4.43. The predicted molar refractivity (Wildman–Crippen MR) is 91.4 cm³/mol. The number of β-amino-alcohol motifs (C(OH)–C–C–N with tert-alkyl or cyclic N) is 1. The highest BCUT2D eigenvalue weighted by Gasteiger charge is 2.29. The van der Waals surface area contributed by atoms with Crippen LogP contribution in [0.5, 0.6) is 0 Å². The van der Waals surface area contributed by atoms with E-state index in [-0.39, 0.29) is 18.0 Å². The smallest absolute Gasteiger partial charge is 0.335 e. The van der Waals surface area contributed by atoms with E-state index in [2.05, 4.69) is 0 Å². The van der Waals surface area contributed by atoms with Gasteiger partial charge in [0.15, 0.2) is 0 Å². The summed E-state index contributed by atoms with van der Waals surface area (Å²) < 4.78 is 0. The lowest BCUT2D eigenvalue weighted by atomic mass is 10.0. The van der Waals surface area contributed by atoms with Crippen LogP contribution in [0.15, 0.2) is 48.5 Å². The number of nitrogens with zero attached hydrogens (tertiary/aromatic N) is 1. The van der Waals surface area contributed by atoms with Crippen LogP contribution in [0, 0.1) is 0 Å². The number of piperidine rings is 1. The van der Waals surface area contributed by atoms with Crippen molar-refractivity contribution in [1.82, 2.24) is 4.90 Å². The van der Waals surface area contributed by atoms with Crippen LogP contribution >= 0.6 is 0 Å². The quantitative estimate of drug-likeness (QED) is 0.788. The minimum atomic E-state index is -0.971. The zero-order valence-electron chi connectivity index (χ0n) is 13.5. The molecule has 1 heterocycles. The number of hydrogen-bond donors (Lipinski definition) is 3.